The number of aryl methyl sites for hydroxylation is 2. The summed E-state index contributed by atoms with van der Waals surface area (Å²) in [6.07, 6.45) is -0.563. The molecule has 0 aromatic heterocycles. The first-order valence-electron chi connectivity index (χ1n) is 6.59. The van der Waals surface area contributed by atoms with Crippen molar-refractivity contribution in [1.82, 2.24) is 0 Å². The van der Waals surface area contributed by atoms with E-state index >= 15 is 0 Å². The van der Waals surface area contributed by atoms with E-state index in [9.17, 15) is 9.50 Å². The third kappa shape index (κ3) is 2.99. The highest BCUT2D eigenvalue weighted by molar-refractivity contribution is 5.38. The molecule has 0 amide bonds. The molecule has 20 heavy (non-hydrogen) atoms. The van der Waals surface area contributed by atoms with E-state index < -0.39 is 11.9 Å². The molecule has 2 aromatic rings. The van der Waals surface area contributed by atoms with Gasteiger partial charge in [0.1, 0.15) is 11.6 Å². The summed E-state index contributed by atoms with van der Waals surface area (Å²) in [4.78, 5) is 0. The Morgan fingerprint density at radius 3 is 2.55 bits per heavy atom. The lowest BCUT2D eigenvalue weighted by Gasteiger charge is -2.16. The largest absolute Gasteiger partial charge is 0.496 e. The van der Waals surface area contributed by atoms with Gasteiger partial charge < -0.3 is 9.84 Å². The molecule has 2 aromatic carbocycles. The Labute approximate surface area is 118 Å². The lowest BCUT2D eigenvalue weighted by atomic mass is 9.97. The van der Waals surface area contributed by atoms with E-state index in [2.05, 4.69) is 0 Å². The highest BCUT2D eigenvalue weighted by atomic mass is 19.1. The first kappa shape index (κ1) is 14.5. The molecule has 0 radical (unpaired) electrons. The van der Waals surface area contributed by atoms with Gasteiger partial charge in [-0.25, -0.2) is 4.39 Å². The molecule has 0 aliphatic heterocycles. The Balaban J connectivity index is 2.28. The third-order valence-corrected chi connectivity index (χ3v) is 3.57. The van der Waals surface area contributed by atoms with E-state index in [0.29, 0.717) is 12.2 Å². The molecular formula is C17H19FO2. The summed E-state index contributed by atoms with van der Waals surface area (Å²) in [5, 5.41) is 10.3. The second-order valence-electron chi connectivity index (χ2n) is 4.99. The van der Waals surface area contributed by atoms with Crippen LogP contribution in [0.3, 0.4) is 0 Å². The predicted octanol–water partition coefficient (Wildman–Crippen LogP) is 3.73. The zero-order chi connectivity index (χ0) is 14.7. The van der Waals surface area contributed by atoms with Gasteiger partial charge in [-0.2, -0.15) is 0 Å². The first-order valence-corrected chi connectivity index (χ1v) is 6.59. The molecule has 0 fully saturated rings. The zero-order valence-electron chi connectivity index (χ0n) is 12.0. The molecule has 0 aliphatic carbocycles. The number of ether oxygens (including phenoxy) is 1. The number of hydrogen-bond donors (Lipinski definition) is 1. The average Bonchev–Trinajstić information content (AvgIpc) is 2.42. The number of halogens is 1. The molecular weight excluding hydrogens is 255 g/mol. The van der Waals surface area contributed by atoms with Gasteiger partial charge in [0.05, 0.1) is 18.8 Å². The van der Waals surface area contributed by atoms with Gasteiger partial charge in [0.2, 0.25) is 0 Å². The third-order valence-electron chi connectivity index (χ3n) is 3.57. The van der Waals surface area contributed by atoms with Gasteiger partial charge in [0.25, 0.3) is 0 Å². The Kier molecular flexibility index (Phi) is 4.40. The summed E-state index contributed by atoms with van der Waals surface area (Å²) in [6.45, 7) is 4.06. The Morgan fingerprint density at radius 2 is 1.90 bits per heavy atom. The van der Waals surface area contributed by atoms with E-state index in [1.165, 1.54) is 18.7 Å². The minimum atomic E-state index is -0.923. The van der Waals surface area contributed by atoms with Gasteiger partial charge in [-0.3, -0.25) is 0 Å². The summed E-state index contributed by atoms with van der Waals surface area (Å²) in [5.74, 6) is -0.0676. The fourth-order valence-electron chi connectivity index (χ4n) is 2.27. The van der Waals surface area contributed by atoms with Crippen molar-refractivity contribution in [3.8, 4) is 5.75 Å². The minimum Gasteiger partial charge on any atom is -0.496 e. The molecule has 1 unspecified atom stereocenters. The lowest BCUT2D eigenvalue weighted by molar-refractivity contribution is 0.169. The van der Waals surface area contributed by atoms with Gasteiger partial charge in [0.15, 0.2) is 0 Å². The molecule has 0 saturated heterocycles. The fourth-order valence-corrected chi connectivity index (χ4v) is 2.27. The van der Waals surface area contributed by atoms with Crippen molar-refractivity contribution in [3.05, 3.63) is 64.5 Å². The van der Waals surface area contributed by atoms with E-state index in [4.69, 9.17) is 4.74 Å². The highest BCUT2D eigenvalue weighted by Gasteiger charge is 2.18. The van der Waals surface area contributed by atoms with Crippen molar-refractivity contribution in [1.29, 1.82) is 0 Å². The van der Waals surface area contributed by atoms with Gasteiger partial charge in [-0.1, -0.05) is 24.3 Å². The van der Waals surface area contributed by atoms with Crippen molar-refractivity contribution in [2.45, 2.75) is 26.4 Å². The van der Waals surface area contributed by atoms with Crippen LogP contribution in [-0.4, -0.2) is 12.2 Å². The summed E-state index contributed by atoms with van der Waals surface area (Å²) >= 11 is 0. The van der Waals surface area contributed by atoms with Crippen molar-refractivity contribution in [2.24, 2.45) is 0 Å². The number of aliphatic hydroxyl groups is 1. The van der Waals surface area contributed by atoms with Gasteiger partial charge in [0, 0.05) is 6.42 Å². The molecule has 1 N–H and O–H groups in total. The minimum absolute atomic E-state index is 0.216. The number of rotatable bonds is 4. The topological polar surface area (TPSA) is 29.5 Å². The maximum absolute atomic E-state index is 13.9. The second-order valence-corrected chi connectivity index (χ2v) is 4.99. The average molecular weight is 274 g/mol. The standard InChI is InChI=1S/C17H19FO2/c1-11-7-8-13(9-12(11)2)10-15(19)17-14(18)5-4-6-16(17)20-3/h4-9,15,19H,10H2,1-3H3. The monoisotopic (exact) mass is 274 g/mol. The fraction of sp³-hybridized carbons (Fsp3) is 0.294. The SMILES string of the molecule is COc1cccc(F)c1C(O)Cc1ccc(C)c(C)c1. The van der Waals surface area contributed by atoms with Crippen LogP contribution in [0.5, 0.6) is 5.75 Å². The predicted molar refractivity (Wildman–Crippen MR) is 77.5 cm³/mol. The van der Waals surface area contributed by atoms with Crippen LogP contribution in [0, 0.1) is 19.7 Å². The molecule has 0 spiro atoms. The number of benzene rings is 2. The maximum atomic E-state index is 13.9. The molecule has 2 rings (SSSR count). The van der Waals surface area contributed by atoms with E-state index in [0.717, 1.165) is 11.1 Å². The quantitative estimate of drug-likeness (QED) is 0.920. The molecule has 3 heteroatoms. The Hall–Kier alpha value is -1.87. The van der Waals surface area contributed by atoms with Crippen molar-refractivity contribution < 1.29 is 14.2 Å². The smallest absolute Gasteiger partial charge is 0.132 e. The number of hydrogen-bond acceptors (Lipinski definition) is 2. The van der Waals surface area contributed by atoms with Crippen LogP contribution in [0.4, 0.5) is 4.39 Å². The second kappa shape index (κ2) is 6.06. The summed E-state index contributed by atoms with van der Waals surface area (Å²) in [5.41, 5.74) is 3.56. The molecule has 0 bridgehead atoms. The van der Waals surface area contributed by atoms with Crippen molar-refractivity contribution in [3.63, 3.8) is 0 Å². The highest BCUT2D eigenvalue weighted by Crippen LogP contribution is 2.30. The van der Waals surface area contributed by atoms with Crippen molar-refractivity contribution >= 4 is 0 Å². The molecule has 0 aliphatic rings. The lowest BCUT2D eigenvalue weighted by Crippen LogP contribution is -2.07. The molecule has 0 saturated carbocycles. The number of aliphatic hydroxyl groups excluding tert-OH is 1. The zero-order valence-corrected chi connectivity index (χ0v) is 12.0. The Morgan fingerprint density at radius 1 is 1.15 bits per heavy atom. The summed E-state index contributed by atoms with van der Waals surface area (Å²) in [7, 11) is 1.47. The van der Waals surface area contributed by atoms with Crippen LogP contribution < -0.4 is 4.74 Å². The number of methoxy groups -OCH3 is 1. The molecule has 2 nitrogen and oxygen atoms in total. The summed E-state index contributed by atoms with van der Waals surface area (Å²) < 4.78 is 19.0. The Bertz CT molecular complexity index is 608. The molecule has 0 heterocycles. The van der Waals surface area contributed by atoms with Crippen LogP contribution in [0.1, 0.15) is 28.4 Å². The van der Waals surface area contributed by atoms with Crippen LogP contribution >= 0.6 is 0 Å². The molecule has 1 atom stereocenters. The van der Waals surface area contributed by atoms with Gasteiger partial charge in [-0.15, -0.1) is 0 Å². The van der Waals surface area contributed by atoms with Crippen molar-refractivity contribution in [2.75, 3.05) is 7.11 Å². The van der Waals surface area contributed by atoms with Crippen LogP contribution in [-0.2, 0) is 6.42 Å². The molecule has 106 valence electrons. The van der Waals surface area contributed by atoms with Crippen LogP contribution in [0.2, 0.25) is 0 Å². The van der Waals surface area contributed by atoms with Gasteiger partial charge >= 0.3 is 0 Å². The van der Waals surface area contributed by atoms with E-state index in [1.54, 1.807) is 12.1 Å². The maximum Gasteiger partial charge on any atom is 0.132 e. The first-order chi connectivity index (χ1) is 9.52. The van der Waals surface area contributed by atoms with Gasteiger partial charge in [-0.05, 0) is 42.7 Å². The van der Waals surface area contributed by atoms with E-state index in [1.807, 2.05) is 32.0 Å². The summed E-state index contributed by atoms with van der Waals surface area (Å²) in [6, 6.07) is 10.5. The van der Waals surface area contributed by atoms with E-state index in [-0.39, 0.29) is 5.56 Å². The van der Waals surface area contributed by atoms with Crippen LogP contribution in [0.15, 0.2) is 36.4 Å². The normalized spacial score (nSPS) is 12.2. The van der Waals surface area contributed by atoms with Crippen LogP contribution in [0.25, 0.3) is 0 Å².